The van der Waals surface area contributed by atoms with Crippen molar-refractivity contribution in [3.05, 3.63) is 84.0 Å². The van der Waals surface area contributed by atoms with Gasteiger partial charge in [0.1, 0.15) is 5.57 Å². The summed E-state index contributed by atoms with van der Waals surface area (Å²) >= 11 is 15.9. The first-order valence-electron chi connectivity index (χ1n) is 9.91. The summed E-state index contributed by atoms with van der Waals surface area (Å²) in [6, 6.07) is 13.5. The predicted molar refractivity (Wildman–Crippen MR) is 146 cm³/mol. The summed E-state index contributed by atoms with van der Waals surface area (Å²) in [6.07, 6.45) is 1.63. The minimum absolute atomic E-state index is 0.0164. The highest BCUT2D eigenvalue weighted by Crippen LogP contribution is 2.34. The molecule has 0 radical (unpaired) electrons. The van der Waals surface area contributed by atoms with Gasteiger partial charge in [-0.3, -0.25) is 19.8 Å². The number of benzene rings is 2. The van der Waals surface area contributed by atoms with Gasteiger partial charge in [-0.2, -0.15) is 0 Å². The molecule has 1 saturated heterocycles. The number of hydrogen-bond acceptors (Lipinski definition) is 3. The third-order valence-electron chi connectivity index (χ3n) is 5.49. The molecule has 0 atom stereocenters. The molecule has 0 saturated carbocycles. The van der Waals surface area contributed by atoms with Gasteiger partial charge >= 0.3 is 0 Å². The Kier molecular flexibility index (Phi) is 6.77. The SMILES string of the molecule is Cc1cc(Br)ccc1N1C(=O)/C(=C/c2c(Br)c(C)n(-c3ccc(Br)cc3)c2C)C(=O)NC1=S. The van der Waals surface area contributed by atoms with Gasteiger partial charge in [0.05, 0.1) is 5.69 Å². The fourth-order valence-electron chi connectivity index (χ4n) is 3.86. The van der Waals surface area contributed by atoms with Crippen LogP contribution in [-0.4, -0.2) is 21.5 Å². The minimum atomic E-state index is -0.517. The molecule has 168 valence electrons. The van der Waals surface area contributed by atoms with Crippen LogP contribution >= 0.6 is 60.0 Å². The number of nitrogens with zero attached hydrogens (tertiary/aromatic N) is 2. The summed E-state index contributed by atoms with van der Waals surface area (Å²) in [4.78, 5) is 27.7. The Morgan fingerprint density at radius 2 is 1.55 bits per heavy atom. The number of anilines is 1. The normalized spacial score (nSPS) is 15.4. The molecule has 5 nitrogen and oxygen atoms in total. The van der Waals surface area contributed by atoms with Crippen LogP contribution < -0.4 is 10.2 Å². The number of aromatic nitrogens is 1. The van der Waals surface area contributed by atoms with Crippen LogP contribution in [0.5, 0.6) is 0 Å². The van der Waals surface area contributed by atoms with Crippen molar-refractivity contribution in [3.63, 3.8) is 0 Å². The predicted octanol–water partition coefficient (Wildman–Crippen LogP) is 6.52. The van der Waals surface area contributed by atoms with Crippen molar-refractivity contribution in [2.75, 3.05) is 4.90 Å². The second-order valence-corrected chi connectivity index (χ2v) is 10.6. The molecule has 0 aliphatic carbocycles. The zero-order chi connectivity index (χ0) is 24.0. The van der Waals surface area contributed by atoms with Crippen molar-refractivity contribution in [2.24, 2.45) is 0 Å². The Bertz CT molecular complexity index is 1360. The van der Waals surface area contributed by atoms with E-state index in [0.717, 1.165) is 41.6 Å². The molecule has 1 aliphatic heterocycles. The first-order chi connectivity index (χ1) is 15.6. The molecule has 2 aromatic carbocycles. The highest BCUT2D eigenvalue weighted by molar-refractivity contribution is 9.11. The van der Waals surface area contributed by atoms with Crippen LogP contribution in [0, 0.1) is 20.8 Å². The van der Waals surface area contributed by atoms with E-state index in [2.05, 4.69) is 57.7 Å². The number of nitrogens with one attached hydrogen (secondary N) is 1. The Morgan fingerprint density at radius 1 is 0.909 bits per heavy atom. The lowest BCUT2D eigenvalue weighted by Crippen LogP contribution is -2.54. The number of hydrogen-bond donors (Lipinski definition) is 1. The lowest BCUT2D eigenvalue weighted by atomic mass is 10.1. The van der Waals surface area contributed by atoms with Crippen molar-refractivity contribution in [2.45, 2.75) is 20.8 Å². The lowest BCUT2D eigenvalue weighted by molar-refractivity contribution is -0.122. The van der Waals surface area contributed by atoms with Crippen LogP contribution in [0.2, 0.25) is 0 Å². The topological polar surface area (TPSA) is 54.3 Å². The number of thiocarbonyl (C=S) groups is 1. The van der Waals surface area contributed by atoms with Gasteiger partial charge in [0.25, 0.3) is 11.8 Å². The molecular weight excluding hydrogens is 634 g/mol. The van der Waals surface area contributed by atoms with Gasteiger partial charge in [-0.25, -0.2) is 0 Å². The van der Waals surface area contributed by atoms with Crippen molar-refractivity contribution >= 4 is 88.7 Å². The number of rotatable bonds is 3. The molecule has 1 aliphatic rings. The average molecular weight is 652 g/mol. The second-order valence-electron chi connectivity index (χ2n) is 7.60. The summed E-state index contributed by atoms with van der Waals surface area (Å²) < 4.78 is 4.77. The van der Waals surface area contributed by atoms with E-state index in [1.54, 1.807) is 12.1 Å². The van der Waals surface area contributed by atoms with Crippen LogP contribution in [0.3, 0.4) is 0 Å². The molecule has 0 bridgehead atoms. The number of halogens is 3. The van der Waals surface area contributed by atoms with Gasteiger partial charge in [-0.15, -0.1) is 0 Å². The van der Waals surface area contributed by atoms with E-state index < -0.39 is 11.8 Å². The van der Waals surface area contributed by atoms with Crippen molar-refractivity contribution in [1.82, 2.24) is 9.88 Å². The maximum atomic E-state index is 13.5. The zero-order valence-corrected chi connectivity index (χ0v) is 23.4. The number of amides is 2. The third kappa shape index (κ3) is 4.39. The van der Waals surface area contributed by atoms with Gasteiger partial charge in [-0.05, 0) is 103 Å². The quantitative estimate of drug-likeness (QED) is 0.199. The molecule has 9 heteroatoms. The van der Waals surface area contributed by atoms with Crippen molar-refractivity contribution in [3.8, 4) is 5.69 Å². The summed E-state index contributed by atoms with van der Waals surface area (Å²) in [7, 11) is 0. The fourth-order valence-corrected chi connectivity index (χ4v) is 5.45. The molecule has 1 fully saturated rings. The average Bonchev–Trinajstić information content (AvgIpc) is 2.96. The Morgan fingerprint density at radius 3 is 2.18 bits per heavy atom. The Balaban J connectivity index is 1.82. The van der Waals surface area contributed by atoms with Crippen molar-refractivity contribution in [1.29, 1.82) is 0 Å². The molecule has 0 spiro atoms. The minimum Gasteiger partial charge on any atom is -0.317 e. The standard InChI is InChI=1S/C24H18Br3N3O2S/c1-12-10-16(26)6-9-20(12)30-23(32)19(22(31)28-24(30)33)11-18-13(2)29(14(3)21(18)27)17-7-4-15(25)5-8-17/h4-11H,1-3H3,(H,28,31,33)/b19-11+. The number of aryl methyl sites for hydroxylation is 1. The van der Waals surface area contributed by atoms with E-state index in [9.17, 15) is 9.59 Å². The maximum absolute atomic E-state index is 13.5. The van der Waals surface area contributed by atoms with Gasteiger partial charge in [0.15, 0.2) is 5.11 Å². The summed E-state index contributed by atoms with van der Waals surface area (Å²) in [6.45, 7) is 5.83. The zero-order valence-electron chi connectivity index (χ0n) is 17.9. The second kappa shape index (κ2) is 9.29. The molecule has 0 unspecified atom stereocenters. The molecule has 1 aromatic heterocycles. The Labute approximate surface area is 222 Å². The number of carbonyl (C=O) groups excluding carboxylic acids is 2. The summed E-state index contributed by atoms with van der Waals surface area (Å²) in [5, 5.41) is 2.72. The summed E-state index contributed by atoms with van der Waals surface area (Å²) in [5.41, 5.74) is 5.09. The highest BCUT2D eigenvalue weighted by atomic mass is 79.9. The fraction of sp³-hybridized carbons (Fsp3) is 0.125. The largest absolute Gasteiger partial charge is 0.317 e. The molecule has 2 heterocycles. The highest BCUT2D eigenvalue weighted by Gasteiger charge is 2.35. The molecule has 2 amide bonds. The molecule has 1 N–H and O–H groups in total. The van der Waals surface area contributed by atoms with Gasteiger partial charge in [0.2, 0.25) is 0 Å². The monoisotopic (exact) mass is 649 g/mol. The molecule has 3 aromatic rings. The van der Waals surface area contributed by atoms with Crippen LogP contribution in [0.25, 0.3) is 11.8 Å². The van der Waals surface area contributed by atoms with E-state index >= 15 is 0 Å². The molecule has 33 heavy (non-hydrogen) atoms. The van der Waals surface area contributed by atoms with E-state index in [4.69, 9.17) is 12.2 Å². The van der Waals surface area contributed by atoms with Crippen LogP contribution in [-0.2, 0) is 9.59 Å². The third-order valence-corrected chi connectivity index (χ3v) is 7.80. The van der Waals surface area contributed by atoms with E-state index in [0.29, 0.717) is 5.69 Å². The molecule has 4 rings (SSSR count). The summed E-state index contributed by atoms with van der Waals surface area (Å²) in [5.74, 6) is -0.981. The van der Waals surface area contributed by atoms with Gasteiger partial charge in [0, 0.05) is 36.1 Å². The first-order valence-corrected chi connectivity index (χ1v) is 12.7. The van der Waals surface area contributed by atoms with Crippen LogP contribution in [0.1, 0.15) is 22.5 Å². The lowest BCUT2D eigenvalue weighted by Gasteiger charge is -2.30. The van der Waals surface area contributed by atoms with Crippen molar-refractivity contribution < 1.29 is 9.59 Å². The maximum Gasteiger partial charge on any atom is 0.270 e. The van der Waals surface area contributed by atoms with Gasteiger partial charge < -0.3 is 4.57 Å². The van der Waals surface area contributed by atoms with Gasteiger partial charge in [-0.1, -0.05) is 31.9 Å². The van der Waals surface area contributed by atoms with E-state index in [1.165, 1.54) is 4.90 Å². The van der Waals surface area contributed by atoms with E-state index in [1.807, 2.05) is 57.2 Å². The first kappa shape index (κ1) is 24.1. The Hall–Kier alpha value is -2.07. The smallest absolute Gasteiger partial charge is 0.270 e. The van der Waals surface area contributed by atoms with Crippen LogP contribution in [0.4, 0.5) is 5.69 Å². The van der Waals surface area contributed by atoms with Crippen LogP contribution in [0.15, 0.2) is 61.5 Å². The molecular formula is C24H18Br3N3O2S. The van der Waals surface area contributed by atoms with E-state index in [-0.39, 0.29) is 10.7 Å². The number of carbonyl (C=O) groups is 2.